The molecule has 15 heteroatoms. The van der Waals surface area contributed by atoms with Crippen LogP contribution in [0.3, 0.4) is 0 Å². The zero-order valence-corrected chi connectivity index (χ0v) is 21.0. The number of aryl methyl sites for hydroxylation is 2. The molecular weight excluding hydrogens is 570 g/mol. The van der Waals surface area contributed by atoms with E-state index in [1.165, 1.54) is 28.3 Å². The average Bonchev–Trinajstić information content (AvgIpc) is 3.48. The Morgan fingerprint density at radius 2 is 2.09 bits per heavy atom. The van der Waals surface area contributed by atoms with Crippen LogP contribution in [0.4, 0.5) is 20.3 Å². The zero-order valence-electron chi connectivity index (χ0n) is 17.8. The molecule has 182 valence electrons. The van der Waals surface area contributed by atoms with Gasteiger partial charge in [0.25, 0.3) is 12.3 Å². The molecular formula is C20H15BrF2N6O4S2. The van der Waals surface area contributed by atoms with Crippen LogP contribution in [0.2, 0.25) is 0 Å². The van der Waals surface area contributed by atoms with Gasteiger partial charge in [-0.15, -0.1) is 22.7 Å². The van der Waals surface area contributed by atoms with Gasteiger partial charge in [-0.1, -0.05) is 0 Å². The van der Waals surface area contributed by atoms with E-state index >= 15 is 0 Å². The summed E-state index contributed by atoms with van der Waals surface area (Å²) in [5.74, 6) is -1.77. The smallest absolute Gasteiger partial charge is 0.365 e. The molecule has 0 saturated carbocycles. The van der Waals surface area contributed by atoms with Crippen LogP contribution in [0, 0.1) is 17.0 Å². The van der Waals surface area contributed by atoms with Gasteiger partial charge in [0.05, 0.1) is 23.5 Å². The predicted octanol–water partition coefficient (Wildman–Crippen LogP) is 5.27. The zero-order chi connectivity index (χ0) is 25.4. The second kappa shape index (κ2) is 9.75. The molecule has 10 nitrogen and oxygen atoms in total. The fraction of sp³-hybridized carbons (Fsp3) is 0.200. The highest BCUT2D eigenvalue weighted by Gasteiger charge is 2.26. The number of pyridine rings is 1. The van der Waals surface area contributed by atoms with E-state index in [1.807, 2.05) is 13.0 Å². The fourth-order valence-electron chi connectivity index (χ4n) is 3.34. The van der Waals surface area contributed by atoms with Crippen molar-refractivity contribution in [2.24, 2.45) is 5.73 Å². The standard InChI is InChI=1S/C20H15BrF2N6O4S2/c1-8-2-3-12(34-8)9-6-11(17(22)23)25-20-14(9)15(16(35-20)18(24)31)26-13(30)4-5-28-7-10(21)19(27-28)29(32)33/h2-3,6-7,17H,4-5H2,1H3,(H2,24,31)(H,26,30). The molecule has 4 aromatic heterocycles. The number of amides is 2. The molecule has 0 aliphatic heterocycles. The minimum absolute atomic E-state index is 0.0109. The Labute approximate surface area is 212 Å². The van der Waals surface area contributed by atoms with Crippen molar-refractivity contribution in [3.8, 4) is 10.4 Å². The number of carbonyl (C=O) groups is 2. The molecule has 35 heavy (non-hydrogen) atoms. The van der Waals surface area contributed by atoms with Gasteiger partial charge in [-0.3, -0.25) is 9.59 Å². The second-order valence-corrected chi connectivity index (χ2v) is 10.4. The van der Waals surface area contributed by atoms with Crippen LogP contribution in [-0.2, 0) is 11.3 Å². The SMILES string of the molecule is Cc1ccc(-c2cc(C(F)F)nc3sc(C(N)=O)c(NC(=O)CCn4cc(Br)c([N+](=O)[O-])n4)c23)s1. The monoisotopic (exact) mass is 584 g/mol. The minimum atomic E-state index is -2.84. The van der Waals surface area contributed by atoms with Crippen molar-refractivity contribution in [1.82, 2.24) is 14.8 Å². The Hall–Kier alpha value is -3.30. The highest BCUT2D eigenvalue weighted by molar-refractivity contribution is 9.10. The van der Waals surface area contributed by atoms with Crippen molar-refractivity contribution in [2.45, 2.75) is 26.3 Å². The maximum Gasteiger partial charge on any atom is 0.404 e. The number of fused-ring (bicyclic) bond motifs is 1. The Balaban J connectivity index is 1.72. The number of primary amides is 1. The first kappa shape index (κ1) is 24.8. The van der Waals surface area contributed by atoms with E-state index in [-0.39, 0.29) is 38.7 Å². The van der Waals surface area contributed by atoms with E-state index < -0.39 is 28.9 Å². The molecule has 0 atom stereocenters. The van der Waals surface area contributed by atoms with Crippen LogP contribution < -0.4 is 11.1 Å². The molecule has 0 radical (unpaired) electrons. The van der Waals surface area contributed by atoms with E-state index in [9.17, 15) is 28.5 Å². The van der Waals surface area contributed by atoms with E-state index in [1.54, 1.807) is 6.07 Å². The molecule has 0 fully saturated rings. The molecule has 3 N–H and O–H groups in total. The summed E-state index contributed by atoms with van der Waals surface area (Å²) in [4.78, 5) is 40.9. The van der Waals surface area contributed by atoms with E-state index in [2.05, 4.69) is 31.3 Å². The van der Waals surface area contributed by atoms with Crippen molar-refractivity contribution in [2.75, 3.05) is 5.32 Å². The number of anilines is 1. The summed E-state index contributed by atoms with van der Waals surface area (Å²) in [7, 11) is 0. The normalized spacial score (nSPS) is 11.3. The maximum absolute atomic E-state index is 13.5. The van der Waals surface area contributed by atoms with Crippen LogP contribution in [0.25, 0.3) is 20.7 Å². The van der Waals surface area contributed by atoms with Gasteiger partial charge in [-0.05, 0) is 46.0 Å². The third-order valence-electron chi connectivity index (χ3n) is 4.84. The molecule has 0 bridgehead atoms. The van der Waals surface area contributed by atoms with Crippen LogP contribution >= 0.6 is 38.6 Å². The lowest BCUT2D eigenvalue weighted by molar-refractivity contribution is -0.390. The van der Waals surface area contributed by atoms with Gasteiger partial charge in [0.2, 0.25) is 5.91 Å². The molecule has 4 rings (SSSR count). The molecule has 0 aliphatic rings. The number of aromatic nitrogens is 3. The molecule has 0 unspecified atom stereocenters. The first-order chi connectivity index (χ1) is 16.5. The fourth-order valence-corrected chi connectivity index (χ4v) is 5.70. The van der Waals surface area contributed by atoms with Gasteiger partial charge in [-0.2, -0.15) is 4.68 Å². The van der Waals surface area contributed by atoms with Crippen LogP contribution in [-0.4, -0.2) is 31.5 Å². The number of nitro groups is 1. The summed E-state index contributed by atoms with van der Waals surface area (Å²) in [6.45, 7) is 1.88. The van der Waals surface area contributed by atoms with E-state index in [4.69, 9.17) is 5.73 Å². The third kappa shape index (κ3) is 5.06. The lowest BCUT2D eigenvalue weighted by Crippen LogP contribution is -2.18. The third-order valence-corrected chi connectivity index (χ3v) is 7.53. The van der Waals surface area contributed by atoms with E-state index in [0.29, 0.717) is 15.8 Å². The molecule has 0 saturated heterocycles. The van der Waals surface area contributed by atoms with Gasteiger partial charge < -0.3 is 21.2 Å². The van der Waals surface area contributed by atoms with Gasteiger partial charge in [0.1, 0.15) is 19.9 Å². The lowest BCUT2D eigenvalue weighted by Gasteiger charge is -2.10. The summed E-state index contributed by atoms with van der Waals surface area (Å²) in [5, 5.41) is 17.7. The summed E-state index contributed by atoms with van der Waals surface area (Å²) in [6, 6.07) is 4.83. The summed E-state index contributed by atoms with van der Waals surface area (Å²) in [6.07, 6.45) is -1.61. The number of nitrogens with two attached hydrogens (primary N) is 1. The van der Waals surface area contributed by atoms with Crippen molar-refractivity contribution in [1.29, 1.82) is 0 Å². The van der Waals surface area contributed by atoms with Gasteiger partial charge >= 0.3 is 5.82 Å². The summed E-state index contributed by atoms with van der Waals surface area (Å²) >= 11 is 5.22. The Morgan fingerprint density at radius 3 is 2.66 bits per heavy atom. The predicted molar refractivity (Wildman–Crippen MR) is 131 cm³/mol. The lowest BCUT2D eigenvalue weighted by atomic mass is 10.1. The number of hydrogen-bond acceptors (Lipinski definition) is 8. The van der Waals surface area contributed by atoms with Crippen molar-refractivity contribution in [3.05, 3.63) is 54.4 Å². The number of thiophene rings is 2. The highest BCUT2D eigenvalue weighted by Crippen LogP contribution is 2.44. The van der Waals surface area contributed by atoms with Gasteiger partial charge in [0.15, 0.2) is 0 Å². The van der Waals surface area contributed by atoms with Crippen molar-refractivity contribution < 1.29 is 23.3 Å². The first-order valence-corrected chi connectivity index (χ1v) is 12.3. The van der Waals surface area contributed by atoms with Crippen LogP contribution in [0.5, 0.6) is 0 Å². The number of alkyl halides is 2. The number of carbonyl (C=O) groups excluding carboxylic acids is 2. The maximum atomic E-state index is 13.5. The quantitative estimate of drug-likeness (QED) is 0.213. The average molecular weight is 585 g/mol. The van der Waals surface area contributed by atoms with Crippen LogP contribution in [0.15, 0.2) is 28.9 Å². The van der Waals surface area contributed by atoms with Crippen molar-refractivity contribution >= 4 is 72.1 Å². The summed E-state index contributed by atoms with van der Waals surface area (Å²) < 4.78 is 28.5. The molecule has 0 spiro atoms. The number of nitrogens with zero attached hydrogens (tertiary/aromatic N) is 4. The Kier molecular flexibility index (Phi) is 6.91. The van der Waals surface area contributed by atoms with Crippen molar-refractivity contribution in [3.63, 3.8) is 0 Å². The number of rotatable bonds is 8. The van der Waals surface area contributed by atoms with Gasteiger partial charge in [-0.25, -0.2) is 13.8 Å². The molecule has 4 heterocycles. The van der Waals surface area contributed by atoms with Crippen LogP contribution in [0.1, 0.15) is 33.1 Å². The molecule has 0 aromatic carbocycles. The molecule has 2 amide bonds. The minimum Gasteiger partial charge on any atom is -0.365 e. The molecule has 4 aromatic rings. The summed E-state index contributed by atoms with van der Waals surface area (Å²) in [5.41, 5.74) is 5.55. The number of nitrogens with one attached hydrogen (secondary N) is 1. The van der Waals surface area contributed by atoms with E-state index in [0.717, 1.165) is 16.2 Å². The largest absolute Gasteiger partial charge is 0.404 e. The Bertz CT molecular complexity index is 1480. The highest BCUT2D eigenvalue weighted by atomic mass is 79.9. The number of halogens is 3. The molecule has 0 aliphatic carbocycles. The number of hydrogen-bond donors (Lipinski definition) is 2. The topological polar surface area (TPSA) is 146 Å². The second-order valence-electron chi connectivity index (χ2n) is 7.28. The Morgan fingerprint density at radius 1 is 1.34 bits per heavy atom. The first-order valence-electron chi connectivity index (χ1n) is 9.84. The van der Waals surface area contributed by atoms with Gasteiger partial charge in [0, 0.05) is 27.1 Å².